The van der Waals surface area contributed by atoms with Gasteiger partial charge in [-0.3, -0.25) is 14.5 Å². The van der Waals surface area contributed by atoms with Crippen molar-refractivity contribution in [2.75, 3.05) is 27.8 Å². The number of hydrogen-bond acceptors (Lipinski definition) is 6. The van der Waals surface area contributed by atoms with E-state index in [0.29, 0.717) is 23.8 Å². The number of nitrogens with one attached hydrogen (secondary N) is 1. The second-order valence-corrected chi connectivity index (χ2v) is 7.83. The highest BCUT2D eigenvalue weighted by Gasteiger charge is 2.35. The number of rotatable bonds is 7. The quantitative estimate of drug-likeness (QED) is 0.735. The maximum Gasteiger partial charge on any atom is 0.233 e. The van der Waals surface area contributed by atoms with E-state index < -0.39 is 5.25 Å². The Labute approximate surface area is 180 Å². The van der Waals surface area contributed by atoms with Crippen LogP contribution >= 0.6 is 11.8 Å². The van der Waals surface area contributed by atoms with Crippen molar-refractivity contribution in [3.63, 3.8) is 0 Å². The molecule has 0 saturated carbocycles. The zero-order valence-corrected chi connectivity index (χ0v) is 18.1. The molecule has 1 aliphatic heterocycles. The number of aliphatic imine (C=N–C) groups is 1. The first-order valence-electron chi connectivity index (χ1n) is 9.58. The Bertz CT molecular complexity index is 913. The Balaban J connectivity index is 1.82. The van der Waals surface area contributed by atoms with Crippen molar-refractivity contribution in [2.45, 2.75) is 18.1 Å². The standard InChI is InChI=1S/C22H25N3O4S/c1-23-21(27)19-14-20(26)25(13-12-15-4-8-17(28-2)9-5-15)22(30-19)24-16-6-10-18(29-3)11-7-16/h4-11,19H,12-14H2,1-3H3,(H,23,27)/t19-/m0/s1. The van der Waals surface area contributed by atoms with Gasteiger partial charge in [-0.15, -0.1) is 0 Å². The van der Waals surface area contributed by atoms with Crippen LogP contribution in [0.4, 0.5) is 5.69 Å². The average molecular weight is 428 g/mol. The molecule has 8 heteroatoms. The molecule has 1 N–H and O–H groups in total. The second-order valence-electron chi connectivity index (χ2n) is 6.66. The molecule has 1 atom stereocenters. The third kappa shape index (κ3) is 5.33. The summed E-state index contributed by atoms with van der Waals surface area (Å²) in [4.78, 5) is 31.3. The molecular formula is C22H25N3O4S. The first kappa shape index (κ1) is 21.7. The highest BCUT2D eigenvalue weighted by molar-refractivity contribution is 8.15. The van der Waals surface area contributed by atoms with Crippen LogP contribution in [0.3, 0.4) is 0 Å². The van der Waals surface area contributed by atoms with Crippen LogP contribution in [-0.2, 0) is 16.0 Å². The summed E-state index contributed by atoms with van der Waals surface area (Å²) in [5.74, 6) is 1.23. The molecule has 2 amide bonds. The predicted octanol–water partition coefficient (Wildman–Crippen LogP) is 3.01. The average Bonchev–Trinajstić information content (AvgIpc) is 2.78. The van der Waals surface area contributed by atoms with Gasteiger partial charge in [0.15, 0.2) is 5.17 Å². The number of carbonyl (C=O) groups is 2. The van der Waals surface area contributed by atoms with Crippen LogP contribution in [0.25, 0.3) is 0 Å². The number of amidine groups is 1. The molecule has 2 aromatic rings. The lowest BCUT2D eigenvalue weighted by Gasteiger charge is -2.31. The molecule has 0 spiro atoms. The van der Waals surface area contributed by atoms with Gasteiger partial charge in [-0.25, -0.2) is 4.99 Å². The van der Waals surface area contributed by atoms with Crippen molar-refractivity contribution in [3.8, 4) is 11.5 Å². The first-order valence-corrected chi connectivity index (χ1v) is 10.5. The Kier molecular flexibility index (Phi) is 7.35. The van der Waals surface area contributed by atoms with Gasteiger partial charge < -0.3 is 14.8 Å². The van der Waals surface area contributed by atoms with Crippen LogP contribution in [0.15, 0.2) is 53.5 Å². The number of thioether (sulfide) groups is 1. The Morgan fingerprint density at radius 1 is 1.10 bits per heavy atom. The Morgan fingerprint density at radius 2 is 1.70 bits per heavy atom. The van der Waals surface area contributed by atoms with Gasteiger partial charge in [-0.1, -0.05) is 23.9 Å². The van der Waals surface area contributed by atoms with Crippen molar-refractivity contribution in [1.29, 1.82) is 0 Å². The van der Waals surface area contributed by atoms with Crippen molar-refractivity contribution >= 4 is 34.4 Å². The van der Waals surface area contributed by atoms with Gasteiger partial charge in [0.25, 0.3) is 0 Å². The second kappa shape index (κ2) is 10.2. The first-order chi connectivity index (χ1) is 14.5. The summed E-state index contributed by atoms with van der Waals surface area (Å²) in [6.45, 7) is 0.480. The van der Waals surface area contributed by atoms with E-state index in [0.717, 1.165) is 17.1 Å². The number of methoxy groups -OCH3 is 2. The SMILES string of the molecule is CNC(=O)[C@@H]1CC(=O)N(CCc2ccc(OC)cc2)C(=Nc2ccc(OC)cc2)S1. The van der Waals surface area contributed by atoms with Crippen LogP contribution in [0.5, 0.6) is 11.5 Å². The van der Waals surface area contributed by atoms with E-state index in [1.54, 1.807) is 26.2 Å². The summed E-state index contributed by atoms with van der Waals surface area (Å²) in [6, 6.07) is 15.0. The van der Waals surface area contributed by atoms with Crippen LogP contribution in [0, 0.1) is 0 Å². The van der Waals surface area contributed by atoms with E-state index in [4.69, 9.17) is 9.47 Å². The van der Waals surface area contributed by atoms with Gasteiger partial charge in [0, 0.05) is 20.0 Å². The summed E-state index contributed by atoms with van der Waals surface area (Å²) in [7, 11) is 4.80. The van der Waals surface area contributed by atoms with Gasteiger partial charge >= 0.3 is 0 Å². The van der Waals surface area contributed by atoms with Gasteiger partial charge in [0.05, 0.1) is 25.2 Å². The van der Waals surface area contributed by atoms with Crippen LogP contribution in [0.1, 0.15) is 12.0 Å². The molecule has 7 nitrogen and oxygen atoms in total. The van der Waals surface area contributed by atoms with Gasteiger partial charge in [-0.05, 0) is 48.4 Å². The summed E-state index contributed by atoms with van der Waals surface area (Å²) < 4.78 is 10.4. The molecular weight excluding hydrogens is 402 g/mol. The van der Waals surface area contributed by atoms with Crippen LogP contribution < -0.4 is 14.8 Å². The van der Waals surface area contributed by atoms with E-state index in [1.165, 1.54) is 11.8 Å². The molecule has 158 valence electrons. The van der Waals surface area contributed by atoms with Gasteiger partial charge in [0.2, 0.25) is 11.8 Å². The Hall–Kier alpha value is -3.00. The molecule has 0 bridgehead atoms. The summed E-state index contributed by atoms with van der Waals surface area (Å²) >= 11 is 1.31. The zero-order valence-electron chi connectivity index (χ0n) is 17.3. The lowest BCUT2D eigenvalue weighted by Crippen LogP contribution is -2.46. The lowest BCUT2D eigenvalue weighted by atomic mass is 10.1. The smallest absolute Gasteiger partial charge is 0.233 e. The monoisotopic (exact) mass is 427 g/mol. The fourth-order valence-electron chi connectivity index (χ4n) is 3.02. The van der Waals surface area contributed by atoms with Crippen LogP contribution in [-0.4, -0.2) is 54.9 Å². The van der Waals surface area contributed by atoms with Crippen molar-refractivity contribution in [2.24, 2.45) is 4.99 Å². The van der Waals surface area contributed by atoms with Gasteiger partial charge in [0.1, 0.15) is 11.5 Å². The van der Waals surface area contributed by atoms with Crippen molar-refractivity contribution < 1.29 is 19.1 Å². The zero-order chi connectivity index (χ0) is 21.5. The number of ether oxygens (including phenoxy) is 2. The topological polar surface area (TPSA) is 80.2 Å². The number of hydrogen-bond donors (Lipinski definition) is 1. The molecule has 0 aromatic heterocycles. The third-order valence-corrected chi connectivity index (χ3v) is 5.95. The largest absolute Gasteiger partial charge is 0.497 e. The van der Waals surface area contributed by atoms with E-state index >= 15 is 0 Å². The summed E-state index contributed by atoms with van der Waals surface area (Å²) in [6.07, 6.45) is 0.817. The minimum Gasteiger partial charge on any atom is -0.497 e. The third-order valence-electron chi connectivity index (χ3n) is 4.76. The number of benzene rings is 2. The Morgan fingerprint density at radius 3 is 2.27 bits per heavy atom. The molecule has 30 heavy (non-hydrogen) atoms. The summed E-state index contributed by atoms with van der Waals surface area (Å²) in [5, 5.41) is 2.66. The fraction of sp³-hybridized carbons (Fsp3) is 0.318. The minimum atomic E-state index is -0.489. The predicted molar refractivity (Wildman–Crippen MR) is 119 cm³/mol. The number of nitrogens with zero attached hydrogens (tertiary/aromatic N) is 2. The lowest BCUT2D eigenvalue weighted by molar-refractivity contribution is -0.130. The molecule has 3 rings (SSSR count). The number of amides is 2. The van der Waals surface area contributed by atoms with E-state index in [2.05, 4.69) is 10.3 Å². The van der Waals surface area contributed by atoms with Crippen LogP contribution in [0.2, 0.25) is 0 Å². The molecule has 1 aliphatic rings. The normalized spacial score (nSPS) is 17.7. The van der Waals surface area contributed by atoms with E-state index in [-0.39, 0.29) is 18.2 Å². The molecule has 0 radical (unpaired) electrons. The molecule has 1 fully saturated rings. The van der Waals surface area contributed by atoms with E-state index in [1.807, 2.05) is 48.5 Å². The summed E-state index contributed by atoms with van der Waals surface area (Å²) in [5.41, 5.74) is 1.78. The molecule has 1 heterocycles. The minimum absolute atomic E-state index is 0.108. The highest BCUT2D eigenvalue weighted by atomic mass is 32.2. The molecule has 2 aromatic carbocycles. The van der Waals surface area contributed by atoms with Gasteiger partial charge in [-0.2, -0.15) is 0 Å². The maximum atomic E-state index is 12.9. The van der Waals surface area contributed by atoms with E-state index in [9.17, 15) is 9.59 Å². The molecule has 1 saturated heterocycles. The van der Waals surface area contributed by atoms with Crippen molar-refractivity contribution in [3.05, 3.63) is 54.1 Å². The fourth-order valence-corrected chi connectivity index (χ4v) is 4.21. The van der Waals surface area contributed by atoms with Crippen molar-refractivity contribution in [1.82, 2.24) is 10.2 Å². The number of carbonyl (C=O) groups excluding carboxylic acids is 2. The molecule has 0 unspecified atom stereocenters. The highest BCUT2D eigenvalue weighted by Crippen LogP contribution is 2.30. The molecule has 0 aliphatic carbocycles. The maximum absolute atomic E-state index is 12.9.